The topological polar surface area (TPSA) is 83.5 Å². The van der Waals surface area contributed by atoms with Gasteiger partial charge in [0.25, 0.3) is 0 Å². The van der Waals surface area contributed by atoms with E-state index in [1.54, 1.807) is 0 Å². The number of anilines is 1. The van der Waals surface area contributed by atoms with Gasteiger partial charge in [0, 0.05) is 55.8 Å². The Balaban J connectivity index is 1.69. The quantitative estimate of drug-likeness (QED) is 0.699. The lowest BCUT2D eigenvalue weighted by Crippen LogP contribution is -2.32. The van der Waals surface area contributed by atoms with Crippen LogP contribution in [0.25, 0.3) is 11.1 Å². The largest absolute Gasteiger partial charge is 0.350 e. The molecule has 0 unspecified atom stereocenters. The van der Waals surface area contributed by atoms with E-state index in [9.17, 15) is 0 Å². The molecule has 0 aromatic carbocycles. The zero-order valence-corrected chi connectivity index (χ0v) is 16.0. The van der Waals surface area contributed by atoms with E-state index in [0.717, 1.165) is 59.0 Å². The van der Waals surface area contributed by atoms with Crippen molar-refractivity contribution >= 4 is 5.82 Å². The van der Waals surface area contributed by atoms with E-state index in [4.69, 9.17) is 10.2 Å². The summed E-state index contributed by atoms with van der Waals surface area (Å²) in [4.78, 5) is 6.92. The fourth-order valence-electron chi connectivity index (χ4n) is 3.64. The minimum Gasteiger partial charge on any atom is -0.350 e. The van der Waals surface area contributed by atoms with Crippen LogP contribution in [0.15, 0.2) is 18.5 Å². The Bertz CT molecular complexity index is 1070. The zero-order chi connectivity index (χ0) is 19.1. The molecule has 4 rings (SSSR count). The molecule has 1 aliphatic rings. The summed E-state index contributed by atoms with van der Waals surface area (Å²) in [7, 11) is 1.93. The molecule has 7 nitrogen and oxygen atoms in total. The van der Waals surface area contributed by atoms with Crippen LogP contribution >= 0.6 is 0 Å². The Morgan fingerprint density at radius 3 is 2.67 bits per heavy atom. The van der Waals surface area contributed by atoms with Gasteiger partial charge in [-0.25, -0.2) is 0 Å². The first-order valence-corrected chi connectivity index (χ1v) is 8.95. The molecular formula is C20H21N7. The monoisotopic (exact) mass is 359 g/mol. The van der Waals surface area contributed by atoms with Gasteiger partial charge in [-0.05, 0) is 43.5 Å². The molecule has 0 N–H and O–H groups in total. The summed E-state index contributed by atoms with van der Waals surface area (Å²) in [5, 5.41) is 22.0. The summed E-state index contributed by atoms with van der Waals surface area (Å²) in [5.41, 5.74) is 7.82. The third kappa shape index (κ3) is 2.93. The smallest absolute Gasteiger partial charge is 0.166 e. The first-order chi connectivity index (χ1) is 13.0. The third-order valence-corrected chi connectivity index (χ3v) is 5.27. The van der Waals surface area contributed by atoms with Crippen molar-refractivity contribution in [3.8, 4) is 17.2 Å². The van der Waals surface area contributed by atoms with E-state index in [-0.39, 0.29) is 0 Å². The summed E-state index contributed by atoms with van der Waals surface area (Å²) in [5.74, 6) is 0.847. The van der Waals surface area contributed by atoms with Crippen LogP contribution in [0.3, 0.4) is 0 Å². The molecule has 0 atom stereocenters. The molecule has 4 heterocycles. The second-order valence-electron chi connectivity index (χ2n) is 7.04. The Morgan fingerprint density at radius 1 is 1.15 bits per heavy atom. The Morgan fingerprint density at radius 2 is 1.96 bits per heavy atom. The van der Waals surface area contributed by atoms with E-state index < -0.39 is 0 Å². The summed E-state index contributed by atoms with van der Waals surface area (Å²) in [6.07, 6.45) is 4.83. The van der Waals surface area contributed by atoms with E-state index in [0.29, 0.717) is 5.69 Å². The number of rotatable bonds is 2. The molecule has 3 aromatic rings. The number of nitriles is 1. The van der Waals surface area contributed by atoms with Crippen molar-refractivity contribution in [2.45, 2.75) is 33.7 Å². The lowest BCUT2D eigenvalue weighted by Gasteiger charge is -2.30. The minimum atomic E-state index is 0.393. The molecule has 0 spiro atoms. The summed E-state index contributed by atoms with van der Waals surface area (Å²) in [6, 6.07) is 4.31. The van der Waals surface area contributed by atoms with Crippen LogP contribution in [0.2, 0.25) is 0 Å². The first kappa shape index (κ1) is 17.2. The van der Waals surface area contributed by atoms with Crippen molar-refractivity contribution in [2.75, 3.05) is 11.4 Å². The van der Waals surface area contributed by atoms with Crippen molar-refractivity contribution < 1.29 is 0 Å². The van der Waals surface area contributed by atoms with Crippen molar-refractivity contribution in [2.24, 2.45) is 7.05 Å². The van der Waals surface area contributed by atoms with E-state index in [1.807, 2.05) is 44.9 Å². The lowest BCUT2D eigenvalue weighted by atomic mass is 10.00. The van der Waals surface area contributed by atoms with Crippen molar-refractivity contribution in [3.63, 3.8) is 0 Å². The van der Waals surface area contributed by atoms with Gasteiger partial charge in [0.05, 0.1) is 5.69 Å². The van der Waals surface area contributed by atoms with Gasteiger partial charge in [-0.2, -0.15) is 10.4 Å². The highest BCUT2D eigenvalue weighted by atomic mass is 15.3. The number of aryl methyl sites for hydroxylation is 2. The van der Waals surface area contributed by atoms with Crippen LogP contribution in [-0.2, 0) is 20.0 Å². The van der Waals surface area contributed by atoms with Gasteiger partial charge in [0.1, 0.15) is 6.07 Å². The number of fused-ring (bicyclic) bond motifs is 1. The molecule has 27 heavy (non-hydrogen) atoms. The van der Waals surface area contributed by atoms with Gasteiger partial charge in [0.15, 0.2) is 11.5 Å². The van der Waals surface area contributed by atoms with Gasteiger partial charge in [0.2, 0.25) is 0 Å². The average molecular weight is 359 g/mol. The fourth-order valence-corrected chi connectivity index (χ4v) is 3.64. The number of aromatic nitrogens is 5. The second-order valence-corrected chi connectivity index (χ2v) is 7.04. The Labute approximate surface area is 158 Å². The van der Waals surface area contributed by atoms with E-state index >= 15 is 0 Å². The molecule has 0 aliphatic carbocycles. The van der Waals surface area contributed by atoms with Gasteiger partial charge < -0.3 is 4.90 Å². The predicted molar refractivity (Wildman–Crippen MR) is 102 cm³/mol. The second kappa shape index (κ2) is 6.47. The van der Waals surface area contributed by atoms with Gasteiger partial charge in [-0.15, -0.1) is 10.2 Å². The number of hydrogen-bond acceptors (Lipinski definition) is 6. The summed E-state index contributed by atoms with van der Waals surface area (Å²) >= 11 is 0. The number of nitrogens with zero attached hydrogens (tertiary/aromatic N) is 7. The highest BCUT2D eigenvalue weighted by Gasteiger charge is 2.22. The Hall–Kier alpha value is -3.27. The fraction of sp³-hybridized carbons (Fsp3) is 0.350. The van der Waals surface area contributed by atoms with Gasteiger partial charge in [-0.1, -0.05) is 0 Å². The SMILES string of the molecule is Cc1nn(C)cc1-c1cnc2c(c1)CN(c1nnc(C#N)c(C)c1C)CC2. The summed E-state index contributed by atoms with van der Waals surface area (Å²) < 4.78 is 1.83. The van der Waals surface area contributed by atoms with E-state index in [2.05, 4.69) is 32.3 Å². The maximum absolute atomic E-state index is 9.16. The van der Waals surface area contributed by atoms with Crippen LogP contribution in [0.5, 0.6) is 0 Å². The highest BCUT2D eigenvalue weighted by Crippen LogP contribution is 2.29. The Kier molecular flexibility index (Phi) is 4.11. The van der Waals surface area contributed by atoms with Crippen LogP contribution in [0.4, 0.5) is 5.82 Å². The van der Waals surface area contributed by atoms with Crippen molar-refractivity contribution in [1.82, 2.24) is 25.0 Å². The molecule has 0 fully saturated rings. The number of pyridine rings is 1. The standard InChI is InChI=1S/C20H21N7/c1-12-13(2)20(24-23-19(12)8-21)27-6-5-18-16(10-27)7-15(9-22-18)17-11-26(4)25-14(17)3/h7,9,11H,5-6,10H2,1-4H3. The highest BCUT2D eigenvalue weighted by molar-refractivity contribution is 5.66. The van der Waals surface area contributed by atoms with Crippen LogP contribution in [0, 0.1) is 32.1 Å². The lowest BCUT2D eigenvalue weighted by molar-refractivity contribution is 0.692. The molecule has 7 heteroatoms. The molecule has 136 valence electrons. The predicted octanol–water partition coefficient (Wildman–Crippen LogP) is 2.63. The van der Waals surface area contributed by atoms with Crippen molar-refractivity contribution in [3.05, 3.63) is 52.2 Å². The third-order valence-electron chi connectivity index (χ3n) is 5.27. The van der Waals surface area contributed by atoms with Crippen molar-refractivity contribution in [1.29, 1.82) is 5.26 Å². The molecule has 1 aliphatic heterocycles. The first-order valence-electron chi connectivity index (χ1n) is 8.95. The molecule has 0 saturated carbocycles. The normalized spacial score (nSPS) is 13.4. The maximum atomic E-state index is 9.16. The van der Waals surface area contributed by atoms with Gasteiger partial charge >= 0.3 is 0 Å². The minimum absolute atomic E-state index is 0.393. The van der Waals surface area contributed by atoms with Crippen LogP contribution in [-0.4, -0.2) is 31.5 Å². The maximum Gasteiger partial charge on any atom is 0.166 e. The van der Waals surface area contributed by atoms with Crippen LogP contribution < -0.4 is 4.90 Å². The number of hydrogen-bond donors (Lipinski definition) is 0. The summed E-state index contributed by atoms with van der Waals surface area (Å²) in [6.45, 7) is 7.51. The van der Waals surface area contributed by atoms with Crippen LogP contribution in [0.1, 0.15) is 33.8 Å². The zero-order valence-electron chi connectivity index (χ0n) is 16.0. The van der Waals surface area contributed by atoms with Gasteiger partial charge in [-0.3, -0.25) is 9.67 Å². The van der Waals surface area contributed by atoms with E-state index in [1.165, 1.54) is 5.56 Å². The molecule has 0 amide bonds. The molecular weight excluding hydrogens is 338 g/mol. The molecule has 0 saturated heterocycles. The molecule has 3 aromatic heterocycles. The molecule has 0 radical (unpaired) electrons. The average Bonchev–Trinajstić information content (AvgIpc) is 3.01. The molecule has 0 bridgehead atoms.